The summed E-state index contributed by atoms with van der Waals surface area (Å²) in [6.45, 7) is 3.79. The van der Waals surface area contributed by atoms with E-state index in [0.29, 0.717) is 5.16 Å². The molecule has 0 saturated carbocycles. The average Bonchev–Trinajstić information content (AvgIpc) is 2.31. The van der Waals surface area contributed by atoms with Crippen molar-refractivity contribution in [1.29, 1.82) is 5.26 Å². The van der Waals surface area contributed by atoms with Crippen LogP contribution in [0.3, 0.4) is 0 Å². The third-order valence-corrected chi connectivity index (χ3v) is 3.54. The van der Waals surface area contributed by atoms with Crippen LogP contribution in [-0.2, 0) is 7.05 Å². The van der Waals surface area contributed by atoms with Gasteiger partial charge >= 0.3 is 11.1 Å². The summed E-state index contributed by atoms with van der Waals surface area (Å²) < 4.78 is 1.43. The number of aromatic nitrogens is 3. The van der Waals surface area contributed by atoms with Crippen LogP contribution in [0.4, 0.5) is 0 Å². The third-order valence-electron chi connectivity index (χ3n) is 2.43. The lowest BCUT2D eigenvalue weighted by Gasteiger charge is -2.14. The van der Waals surface area contributed by atoms with Crippen LogP contribution < -0.4 is 11.1 Å². The Morgan fingerprint density at radius 3 is 2.78 bits per heavy atom. The number of nitrogens with zero attached hydrogens (tertiary/aromatic N) is 3. The normalized spacial score (nSPS) is 11.2. The minimum atomic E-state index is -0.770. The lowest BCUT2D eigenvalue weighted by Crippen LogP contribution is -2.33. The second-order valence-electron chi connectivity index (χ2n) is 4.65. The van der Waals surface area contributed by atoms with Gasteiger partial charge in [-0.2, -0.15) is 10.2 Å². The van der Waals surface area contributed by atoms with Crippen LogP contribution in [0.15, 0.2) is 14.7 Å². The molecule has 98 valence electrons. The van der Waals surface area contributed by atoms with Gasteiger partial charge in [0.1, 0.15) is 0 Å². The smallest absolute Gasteiger partial charge is 0.265 e. The molecule has 1 aromatic heterocycles. The van der Waals surface area contributed by atoms with Crippen molar-refractivity contribution < 1.29 is 0 Å². The highest BCUT2D eigenvalue weighted by molar-refractivity contribution is 7.99. The fourth-order valence-electron chi connectivity index (χ4n) is 1.32. The van der Waals surface area contributed by atoms with Crippen LogP contribution in [0.1, 0.15) is 26.7 Å². The molecule has 1 heterocycles. The van der Waals surface area contributed by atoms with Crippen molar-refractivity contribution in [1.82, 2.24) is 14.8 Å². The monoisotopic (exact) mass is 268 g/mol. The first-order valence-corrected chi connectivity index (χ1v) is 6.56. The second-order valence-corrected chi connectivity index (χ2v) is 5.71. The molecule has 6 nitrogen and oxygen atoms in total. The van der Waals surface area contributed by atoms with Gasteiger partial charge in [-0.15, -0.1) is 0 Å². The molecule has 0 aliphatic heterocycles. The summed E-state index contributed by atoms with van der Waals surface area (Å²) in [5, 5.41) is 11.7. The maximum absolute atomic E-state index is 11.1. The Labute approximate surface area is 109 Å². The standard InChI is InChI=1S/C11H16N4O2S/c1-11(2,7-12)5-4-6-18-10-13-8(16)9(17)14-15(10)3/h4-6H2,1-3H3,(H,14,17). The van der Waals surface area contributed by atoms with Crippen LogP contribution in [0.2, 0.25) is 0 Å². The van der Waals surface area contributed by atoms with Crippen molar-refractivity contribution in [3.8, 4) is 6.07 Å². The molecule has 0 atom stereocenters. The molecule has 0 aliphatic rings. The van der Waals surface area contributed by atoms with Gasteiger partial charge in [-0.1, -0.05) is 11.8 Å². The van der Waals surface area contributed by atoms with E-state index in [1.807, 2.05) is 13.8 Å². The SMILES string of the molecule is Cn1[nH]c(=O)c(=O)nc1SCCCC(C)(C)C#N. The lowest BCUT2D eigenvalue weighted by atomic mass is 9.90. The zero-order valence-electron chi connectivity index (χ0n) is 10.7. The molecular weight excluding hydrogens is 252 g/mol. The molecule has 0 amide bonds. The maximum Gasteiger partial charge on any atom is 0.339 e. The first-order chi connectivity index (χ1) is 8.35. The predicted octanol–water partition coefficient (Wildman–Crippen LogP) is 0.891. The van der Waals surface area contributed by atoms with E-state index in [1.54, 1.807) is 7.05 Å². The number of nitriles is 1. The molecule has 0 saturated heterocycles. The summed E-state index contributed by atoms with van der Waals surface area (Å²) in [5.41, 5.74) is -1.81. The van der Waals surface area contributed by atoms with Crippen LogP contribution in [-0.4, -0.2) is 20.5 Å². The van der Waals surface area contributed by atoms with E-state index in [0.717, 1.165) is 18.6 Å². The van der Waals surface area contributed by atoms with Crippen LogP contribution >= 0.6 is 11.8 Å². The molecule has 0 aliphatic carbocycles. The number of rotatable bonds is 5. The van der Waals surface area contributed by atoms with E-state index in [2.05, 4.69) is 16.2 Å². The summed E-state index contributed by atoms with van der Waals surface area (Å²) in [6.07, 6.45) is 1.63. The van der Waals surface area contributed by atoms with E-state index >= 15 is 0 Å². The van der Waals surface area contributed by atoms with Crippen molar-refractivity contribution in [2.75, 3.05) is 5.75 Å². The Morgan fingerprint density at radius 1 is 1.50 bits per heavy atom. The molecule has 0 unspecified atom stereocenters. The fourth-order valence-corrected chi connectivity index (χ4v) is 2.18. The summed E-state index contributed by atoms with van der Waals surface area (Å²) in [6, 6.07) is 2.24. The van der Waals surface area contributed by atoms with Gasteiger partial charge in [0.05, 0.1) is 11.5 Å². The molecule has 1 rings (SSSR count). The van der Waals surface area contributed by atoms with Gasteiger partial charge in [-0.05, 0) is 26.7 Å². The highest BCUT2D eigenvalue weighted by Crippen LogP contribution is 2.23. The molecule has 18 heavy (non-hydrogen) atoms. The van der Waals surface area contributed by atoms with E-state index in [-0.39, 0.29) is 5.41 Å². The van der Waals surface area contributed by atoms with Crippen molar-refractivity contribution in [2.24, 2.45) is 12.5 Å². The number of aryl methyl sites for hydroxylation is 1. The van der Waals surface area contributed by atoms with Crippen LogP contribution in [0.25, 0.3) is 0 Å². The number of nitrogens with one attached hydrogen (secondary N) is 1. The quantitative estimate of drug-likeness (QED) is 0.486. The first-order valence-electron chi connectivity index (χ1n) is 5.57. The van der Waals surface area contributed by atoms with Gasteiger partial charge in [0.15, 0.2) is 5.16 Å². The Balaban J connectivity index is 2.56. The maximum atomic E-state index is 11.1. The average molecular weight is 268 g/mol. The van der Waals surface area contributed by atoms with Crippen molar-refractivity contribution in [2.45, 2.75) is 31.8 Å². The Hall–Kier alpha value is -1.55. The summed E-state index contributed by atoms with van der Waals surface area (Å²) in [7, 11) is 1.63. The Kier molecular flexibility index (Phi) is 4.73. The molecule has 0 spiro atoms. The van der Waals surface area contributed by atoms with Gasteiger partial charge in [-0.3, -0.25) is 19.4 Å². The highest BCUT2D eigenvalue weighted by atomic mass is 32.2. The molecule has 7 heteroatoms. The summed E-state index contributed by atoms with van der Waals surface area (Å²) in [4.78, 5) is 25.8. The number of H-pyrrole nitrogens is 1. The van der Waals surface area contributed by atoms with Gasteiger partial charge in [0, 0.05) is 12.8 Å². The van der Waals surface area contributed by atoms with Crippen molar-refractivity contribution in [3.05, 3.63) is 20.7 Å². The zero-order valence-corrected chi connectivity index (χ0v) is 11.5. The van der Waals surface area contributed by atoms with Crippen molar-refractivity contribution >= 4 is 11.8 Å². The predicted molar refractivity (Wildman–Crippen MR) is 69.5 cm³/mol. The van der Waals surface area contributed by atoms with E-state index in [4.69, 9.17) is 5.26 Å². The number of thioether (sulfide) groups is 1. The van der Waals surface area contributed by atoms with Gasteiger partial charge in [0.25, 0.3) is 0 Å². The minimum Gasteiger partial charge on any atom is -0.265 e. The molecular formula is C11H16N4O2S. The van der Waals surface area contributed by atoms with Crippen LogP contribution in [0.5, 0.6) is 0 Å². The van der Waals surface area contributed by atoms with Gasteiger partial charge < -0.3 is 0 Å². The first kappa shape index (κ1) is 14.5. The summed E-state index contributed by atoms with van der Waals surface area (Å²) >= 11 is 1.39. The molecule has 0 fully saturated rings. The topological polar surface area (TPSA) is 91.5 Å². The Bertz CT molecular complexity index is 568. The Morgan fingerprint density at radius 2 is 2.17 bits per heavy atom. The molecule has 0 bridgehead atoms. The van der Waals surface area contributed by atoms with E-state index in [9.17, 15) is 9.59 Å². The van der Waals surface area contributed by atoms with Gasteiger partial charge in [-0.25, -0.2) is 0 Å². The highest BCUT2D eigenvalue weighted by Gasteiger charge is 2.15. The largest absolute Gasteiger partial charge is 0.339 e. The van der Waals surface area contributed by atoms with E-state index in [1.165, 1.54) is 16.4 Å². The van der Waals surface area contributed by atoms with Crippen LogP contribution in [0, 0.1) is 16.7 Å². The summed E-state index contributed by atoms with van der Waals surface area (Å²) in [5.74, 6) is 0.747. The number of aromatic amines is 1. The van der Waals surface area contributed by atoms with Crippen molar-refractivity contribution in [3.63, 3.8) is 0 Å². The molecule has 1 aromatic rings. The minimum absolute atomic E-state index is 0.329. The molecule has 1 N–H and O–H groups in total. The van der Waals surface area contributed by atoms with Gasteiger partial charge in [0.2, 0.25) is 0 Å². The molecule has 0 aromatic carbocycles. The number of hydrogen-bond donors (Lipinski definition) is 1. The molecule has 0 radical (unpaired) electrons. The zero-order chi connectivity index (χ0) is 13.8. The second kappa shape index (κ2) is 5.87. The lowest BCUT2D eigenvalue weighted by molar-refractivity contribution is 0.447. The van der Waals surface area contributed by atoms with E-state index < -0.39 is 11.1 Å². The fraction of sp³-hybridized carbons (Fsp3) is 0.636. The number of hydrogen-bond acceptors (Lipinski definition) is 5. The third kappa shape index (κ3) is 4.04.